The van der Waals surface area contributed by atoms with Crippen LogP contribution in [0.3, 0.4) is 0 Å². The lowest BCUT2D eigenvalue weighted by Gasteiger charge is -2.19. The maximum Gasteiger partial charge on any atom is 0.258 e. The van der Waals surface area contributed by atoms with Gasteiger partial charge in [0.1, 0.15) is 0 Å². The molecule has 2 aromatic rings. The molecule has 1 aromatic heterocycles. The van der Waals surface area contributed by atoms with E-state index in [1.165, 1.54) is 15.5 Å². The third-order valence-corrected chi connectivity index (χ3v) is 3.24. The third kappa shape index (κ3) is 2.67. The highest BCUT2D eigenvalue weighted by atomic mass is 35.5. The Morgan fingerprint density at radius 1 is 1.30 bits per heavy atom. The van der Waals surface area contributed by atoms with E-state index in [2.05, 4.69) is 0 Å². The fraction of sp³-hybridized carbons (Fsp3) is 0.143. The summed E-state index contributed by atoms with van der Waals surface area (Å²) in [5, 5.41) is 0.484. The number of nitrogens with zero attached hydrogens (tertiary/aromatic N) is 2. The van der Waals surface area contributed by atoms with Gasteiger partial charge in [0, 0.05) is 36.9 Å². The second-order valence-corrected chi connectivity index (χ2v) is 4.87. The largest absolute Gasteiger partial charge is 0.397 e. The zero-order valence-corrected chi connectivity index (χ0v) is 11.9. The van der Waals surface area contributed by atoms with E-state index in [-0.39, 0.29) is 11.5 Å². The SMILES string of the molecule is CN(C(=O)c1ccn(C)c(=O)c1)c1cc(Cl)ccc1N. The smallest absolute Gasteiger partial charge is 0.258 e. The van der Waals surface area contributed by atoms with E-state index in [0.717, 1.165) is 0 Å². The van der Waals surface area contributed by atoms with E-state index in [4.69, 9.17) is 17.3 Å². The molecule has 0 atom stereocenters. The Balaban J connectivity index is 2.39. The molecule has 0 aliphatic carbocycles. The van der Waals surface area contributed by atoms with Crippen molar-refractivity contribution >= 4 is 28.9 Å². The number of nitrogen functional groups attached to an aromatic ring is 1. The highest BCUT2D eigenvalue weighted by Crippen LogP contribution is 2.26. The van der Waals surface area contributed by atoms with Crippen molar-refractivity contribution < 1.29 is 4.79 Å². The quantitative estimate of drug-likeness (QED) is 0.859. The molecule has 0 aliphatic rings. The molecule has 6 heteroatoms. The van der Waals surface area contributed by atoms with Crippen molar-refractivity contribution in [1.29, 1.82) is 0 Å². The zero-order valence-electron chi connectivity index (χ0n) is 11.1. The molecular weight excluding hydrogens is 278 g/mol. The summed E-state index contributed by atoms with van der Waals surface area (Å²) in [6.07, 6.45) is 1.55. The summed E-state index contributed by atoms with van der Waals surface area (Å²) in [6.45, 7) is 0. The van der Waals surface area contributed by atoms with Gasteiger partial charge in [-0.15, -0.1) is 0 Å². The maximum absolute atomic E-state index is 12.4. The van der Waals surface area contributed by atoms with Gasteiger partial charge in [0.05, 0.1) is 11.4 Å². The minimum Gasteiger partial charge on any atom is -0.397 e. The van der Waals surface area contributed by atoms with Crippen molar-refractivity contribution in [2.75, 3.05) is 17.7 Å². The predicted molar refractivity (Wildman–Crippen MR) is 80.3 cm³/mol. The van der Waals surface area contributed by atoms with Crippen LogP contribution in [0.4, 0.5) is 11.4 Å². The second-order valence-electron chi connectivity index (χ2n) is 4.43. The molecular formula is C14H14ClN3O2. The number of amides is 1. The monoisotopic (exact) mass is 291 g/mol. The average Bonchev–Trinajstić information content (AvgIpc) is 2.43. The van der Waals surface area contributed by atoms with E-state index >= 15 is 0 Å². The van der Waals surface area contributed by atoms with Crippen LogP contribution in [0.5, 0.6) is 0 Å². The van der Waals surface area contributed by atoms with E-state index in [9.17, 15) is 9.59 Å². The Labute approximate surface area is 121 Å². The van der Waals surface area contributed by atoms with Crippen LogP contribution in [-0.2, 0) is 7.05 Å². The first kappa shape index (κ1) is 14.1. The van der Waals surface area contributed by atoms with Crippen LogP contribution in [0.25, 0.3) is 0 Å². The van der Waals surface area contributed by atoms with E-state index in [0.29, 0.717) is 22.0 Å². The molecule has 1 heterocycles. The topological polar surface area (TPSA) is 68.3 Å². The molecule has 20 heavy (non-hydrogen) atoms. The molecule has 2 N–H and O–H groups in total. The molecule has 2 rings (SSSR count). The molecule has 0 fully saturated rings. The van der Waals surface area contributed by atoms with E-state index < -0.39 is 0 Å². The Hall–Kier alpha value is -2.27. The summed E-state index contributed by atoms with van der Waals surface area (Å²) in [5.41, 5.74) is 6.84. The number of rotatable bonds is 2. The zero-order chi connectivity index (χ0) is 14.9. The van der Waals surface area contributed by atoms with Crippen LogP contribution in [0.2, 0.25) is 5.02 Å². The molecule has 0 saturated carbocycles. The van der Waals surface area contributed by atoms with Crippen molar-refractivity contribution in [3.05, 3.63) is 57.5 Å². The first-order valence-corrected chi connectivity index (χ1v) is 6.27. The summed E-state index contributed by atoms with van der Waals surface area (Å²) >= 11 is 5.91. The molecule has 0 spiro atoms. The Kier molecular flexibility index (Phi) is 3.81. The predicted octanol–water partition coefficient (Wildman–Crippen LogP) is 1.90. The molecule has 0 saturated heterocycles. The Morgan fingerprint density at radius 3 is 2.65 bits per heavy atom. The molecule has 1 amide bonds. The number of hydrogen-bond acceptors (Lipinski definition) is 3. The number of halogens is 1. The van der Waals surface area contributed by atoms with Crippen molar-refractivity contribution in [3.8, 4) is 0 Å². The molecule has 0 unspecified atom stereocenters. The first-order chi connectivity index (χ1) is 9.40. The van der Waals surface area contributed by atoms with E-state index in [1.807, 2.05) is 0 Å². The summed E-state index contributed by atoms with van der Waals surface area (Å²) in [7, 11) is 3.21. The Morgan fingerprint density at radius 2 is 2.00 bits per heavy atom. The standard InChI is InChI=1S/C14H14ClN3O2/c1-17-6-5-9(7-13(17)19)14(20)18(2)12-8-10(15)3-4-11(12)16/h3-8H,16H2,1-2H3. The number of aryl methyl sites for hydroxylation is 1. The summed E-state index contributed by atoms with van der Waals surface area (Å²) in [5.74, 6) is -0.323. The molecule has 5 nitrogen and oxygen atoms in total. The van der Waals surface area contributed by atoms with E-state index in [1.54, 1.807) is 44.6 Å². The normalized spacial score (nSPS) is 10.3. The van der Waals surface area contributed by atoms with Gasteiger partial charge in [-0.1, -0.05) is 11.6 Å². The minimum absolute atomic E-state index is 0.247. The maximum atomic E-state index is 12.4. The van der Waals surface area contributed by atoms with Crippen molar-refractivity contribution in [3.63, 3.8) is 0 Å². The lowest BCUT2D eigenvalue weighted by atomic mass is 10.2. The molecule has 0 bridgehead atoms. The molecule has 0 radical (unpaired) electrons. The highest BCUT2D eigenvalue weighted by molar-refractivity contribution is 6.31. The van der Waals surface area contributed by atoms with Crippen molar-refractivity contribution in [1.82, 2.24) is 4.57 Å². The van der Waals surface area contributed by atoms with Gasteiger partial charge in [-0.25, -0.2) is 0 Å². The number of aromatic nitrogens is 1. The Bertz CT molecular complexity index is 725. The average molecular weight is 292 g/mol. The van der Waals surface area contributed by atoms with Crippen LogP contribution in [0, 0.1) is 0 Å². The van der Waals surface area contributed by atoms with Gasteiger partial charge in [0.2, 0.25) is 0 Å². The summed E-state index contributed by atoms with van der Waals surface area (Å²) in [6, 6.07) is 7.76. The van der Waals surface area contributed by atoms with Gasteiger partial charge in [-0.3, -0.25) is 9.59 Å². The second kappa shape index (κ2) is 5.38. The van der Waals surface area contributed by atoms with Gasteiger partial charge in [0.25, 0.3) is 11.5 Å². The van der Waals surface area contributed by atoms with Gasteiger partial charge < -0.3 is 15.2 Å². The number of pyridine rings is 1. The summed E-state index contributed by atoms with van der Waals surface area (Å²) in [4.78, 5) is 25.3. The highest BCUT2D eigenvalue weighted by Gasteiger charge is 2.16. The lowest BCUT2D eigenvalue weighted by Crippen LogP contribution is -2.29. The minimum atomic E-state index is -0.323. The van der Waals surface area contributed by atoms with Crippen LogP contribution in [0.15, 0.2) is 41.3 Å². The third-order valence-electron chi connectivity index (χ3n) is 3.01. The van der Waals surface area contributed by atoms with Crippen LogP contribution in [-0.4, -0.2) is 17.5 Å². The van der Waals surface area contributed by atoms with Crippen LogP contribution < -0.4 is 16.2 Å². The number of nitrogens with two attached hydrogens (primary N) is 1. The molecule has 1 aromatic carbocycles. The van der Waals surface area contributed by atoms with Gasteiger partial charge in [0.15, 0.2) is 0 Å². The number of carbonyl (C=O) groups excluding carboxylic acids is 1. The first-order valence-electron chi connectivity index (χ1n) is 5.90. The van der Waals surface area contributed by atoms with Crippen molar-refractivity contribution in [2.24, 2.45) is 7.05 Å². The van der Waals surface area contributed by atoms with Gasteiger partial charge in [-0.2, -0.15) is 0 Å². The fourth-order valence-electron chi connectivity index (χ4n) is 1.79. The molecule has 104 valence electrons. The van der Waals surface area contributed by atoms with Crippen LogP contribution >= 0.6 is 11.6 Å². The lowest BCUT2D eigenvalue weighted by molar-refractivity contribution is 0.0993. The van der Waals surface area contributed by atoms with Gasteiger partial charge in [-0.05, 0) is 24.3 Å². The number of anilines is 2. The van der Waals surface area contributed by atoms with Crippen LogP contribution in [0.1, 0.15) is 10.4 Å². The molecule has 0 aliphatic heterocycles. The number of benzene rings is 1. The summed E-state index contributed by atoms with van der Waals surface area (Å²) < 4.78 is 1.39. The van der Waals surface area contributed by atoms with Crippen molar-refractivity contribution in [2.45, 2.75) is 0 Å². The number of hydrogen-bond donors (Lipinski definition) is 1. The van der Waals surface area contributed by atoms with Gasteiger partial charge >= 0.3 is 0 Å². The fourth-order valence-corrected chi connectivity index (χ4v) is 1.96. The number of carbonyl (C=O) groups is 1.